The highest BCUT2D eigenvalue weighted by Gasteiger charge is 2.57. The Morgan fingerprint density at radius 1 is 1.08 bits per heavy atom. The molecule has 0 aromatic rings. The van der Waals surface area contributed by atoms with E-state index in [1.165, 1.54) is 6.42 Å². The molecule has 2 fully saturated rings. The highest BCUT2D eigenvalue weighted by molar-refractivity contribution is 6.74. The van der Waals surface area contributed by atoms with Crippen LogP contribution < -0.4 is 0 Å². The highest BCUT2D eigenvalue weighted by atomic mass is 28.4. The van der Waals surface area contributed by atoms with E-state index in [0.717, 1.165) is 19.3 Å². The number of esters is 1. The molecule has 7 heteroatoms. The van der Waals surface area contributed by atoms with Gasteiger partial charge in [0.05, 0.1) is 12.6 Å². The summed E-state index contributed by atoms with van der Waals surface area (Å²) in [6.45, 7) is 25.8. The Labute approximate surface area is 222 Å². The van der Waals surface area contributed by atoms with E-state index in [2.05, 4.69) is 61.6 Å². The highest BCUT2D eigenvalue weighted by Crippen LogP contribution is 2.44. The topological polar surface area (TPSA) is 65.1 Å². The summed E-state index contributed by atoms with van der Waals surface area (Å²) in [5, 5.41) is 0.0307. The van der Waals surface area contributed by atoms with Gasteiger partial charge >= 0.3 is 12.1 Å². The van der Waals surface area contributed by atoms with Gasteiger partial charge in [-0.3, -0.25) is 4.90 Å². The standard InChI is InChI=1S/C29H55NO5Si/c1-13-16-29(25(31)33-24-17-21(4)14-15-23(24)20(2)3)18-22(35-36(11,12)28(8,9)10)19-30(29)26(32)34-27(5,6)7/h20-24H,13-19H2,1-12H3/t21-,22+,23+,24-,29-/m0/s1. The molecular weight excluding hydrogens is 470 g/mol. The molecule has 1 amide bonds. The molecule has 0 aromatic heterocycles. The van der Waals surface area contributed by atoms with Gasteiger partial charge in [-0.15, -0.1) is 0 Å². The first-order valence-electron chi connectivity index (χ1n) is 14.2. The van der Waals surface area contributed by atoms with Gasteiger partial charge in [0.2, 0.25) is 0 Å². The van der Waals surface area contributed by atoms with E-state index in [-0.39, 0.29) is 23.2 Å². The third-order valence-corrected chi connectivity index (χ3v) is 13.1. The van der Waals surface area contributed by atoms with E-state index >= 15 is 0 Å². The van der Waals surface area contributed by atoms with E-state index in [1.807, 2.05) is 20.8 Å². The summed E-state index contributed by atoms with van der Waals surface area (Å²) in [5.74, 6) is 1.04. The average molecular weight is 526 g/mol. The number of hydrogen-bond donors (Lipinski definition) is 0. The summed E-state index contributed by atoms with van der Waals surface area (Å²) < 4.78 is 19.0. The minimum absolute atomic E-state index is 0.0307. The molecule has 0 unspecified atom stereocenters. The Morgan fingerprint density at radius 2 is 1.69 bits per heavy atom. The lowest BCUT2D eigenvalue weighted by atomic mass is 9.75. The number of hydrogen-bond acceptors (Lipinski definition) is 5. The maximum Gasteiger partial charge on any atom is 0.411 e. The van der Waals surface area contributed by atoms with Crippen LogP contribution in [0.15, 0.2) is 0 Å². The predicted octanol–water partition coefficient (Wildman–Crippen LogP) is 7.56. The molecule has 36 heavy (non-hydrogen) atoms. The summed E-state index contributed by atoms with van der Waals surface area (Å²) in [4.78, 5) is 29.4. The fourth-order valence-corrected chi connectivity index (χ4v) is 6.96. The predicted molar refractivity (Wildman–Crippen MR) is 148 cm³/mol. The first kappa shape index (κ1) is 31.1. The normalized spacial score (nSPS) is 30.0. The summed E-state index contributed by atoms with van der Waals surface area (Å²) in [7, 11) is -2.11. The Morgan fingerprint density at radius 3 is 2.19 bits per heavy atom. The zero-order chi connectivity index (χ0) is 27.7. The van der Waals surface area contributed by atoms with Gasteiger partial charge < -0.3 is 13.9 Å². The first-order valence-corrected chi connectivity index (χ1v) is 17.1. The van der Waals surface area contributed by atoms with Crippen molar-refractivity contribution in [3.63, 3.8) is 0 Å². The molecule has 1 saturated heterocycles. The zero-order valence-corrected chi connectivity index (χ0v) is 26.3. The lowest BCUT2D eigenvalue weighted by Gasteiger charge is -2.41. The number of likely N-dealkylation sites (tertiary alicyclic amines) is 1. The van der Waals surface area contributed by atoms with Gasteiger partial charge in [-0.25, -0.2) is 9.59 Å². The van der Waals surface area contributed by atoms with Crippen molar-refractivity contribution in [3.8, 4) is 0 Å². The number of nitrogens with zero attached hydrogens (tertiary/aromatic N) is 1. The van der Waals surface area contributed by atoms with Crippen LogP contribution in [-0.4, -0.2) is 55.2 Å². The summed E-state index contributed by atoms with van der Waals surface area (Å²) in [6.07, 6.45) is 4.10. The molecule has 210 valence electrons. The quantitative estimate of drug-likeness (QED) is 0.253. The van der Waals surface area contributed by atoms with Crippen LogP contribution in [0, 0.1) is 17.8 Å². The van der Waals surface area contributed by atoms with E-state index in [4.69, 9.17) is 13.9 Å². The number of carbonyl (C=O) groups excluding carboxylic acids is 2. The van der Waals surface area contributed by atoms with Crippen molar-refractivity contribution >= 4 is 20.4 Å². The fourth-order valence-electron chi connectivity index (χ4n) is 5.61. The van der Waals surface area contributed by atoms with Crippen molar-refractivity contribution < 1.29 is 23.5 Å². The maximum atomic E-state index is 14.2. The third kappa shape index (κ3) is 7.27. The molecule has 2 aliphatic rings. The smallest absolute Gasteiger partial charge is 0.411 e. The van der Waals surface area contributed by atoms with Crippen LogP contribution in [0.4, 0.5) is 4.79 Å². The second-order valence-electron chi connectivity index (χ2n) is 14.3. The molecule has 0 radical (unpaired) electrons. The van der Waals surface area contributed by atoms with Crippen LogP contribution in [0.1, 0.15) is 108 Å². The summed E-state index contributed by atoms with van der Waals surface area (Å²) in [6, 6.07) is 0. The number of ether oxygens (including phenoxy) is 2. The summed E-state index contributed by atoms with van der Waals surface area (Å²) in [5.41, 5.74) is -1.72. The first-order chi connectivity index (χ1) is 16.3. The van der Waals surface area contributed by atoms with Crippen LogP contribution in [-0.2, 0) is 18.7 Å². The molecule has 0 spiro atoms. The molecule has 0 N–H and O–H groups in total. The molecule has 6 nitrogen and oxygen atoms in total. The fraction of sp³-hybridized carbons (Fsp3) is 0.931. The van der Waals surface area contributed by atoms with E-state index in [1.54, 1.807) is 4.90 Å². The second-order valence-corrected chi connectivity index (χ2v) is 19.1. The molecule has 2 rings (SSSR count). The molecular formula is C29H55NO5Si. The molecule has 0 bridgehead atoms. The van der Waals surface area contributed by atoms with Gasteiger partial charge in [0, 0.05) is 6.42 Å². The third-order valence-electron chi connectivity index (χ3n) is 8.61. The Kier molecular flexibility index (Phi) is 9.81. The zero-order valence-electron chi connectivity index (χ0n) is 25.3. The Bertz CT molecular complexity index is 769. The number of rotatable bonds is 7. The van der Waals surface area contributed by atoms with Gasteiger partial charge in [0.25, 0.3) is 0 Å². The van der Waals surface area contributed by atoms with Gasteiger partial charge in [0.1, 0.15) is 17.2 Å². The van der Waals surface area contributed by atoms with Crippen molar-refractivity contribution in [2.45, 2.75) is 149 Å². The van der Waals surface area contributed by atoms with Crippen LogP contribution in [0.2, 0.25) is 18.1 Å². The Balaban J connectivity index is 2.43. The minimum Gasteiger partial charge on any atom is -0.460 e. The molecule has 1 saturated carbocycles. The van der Waals surface area contributed by atoms with Crippen LogP contribution in [0.3, 0.4) is 0 Å². The maximum absolute atomic E-state index is 14.2. The van der Waals surface area contributed by atoms with E-state index < -0.39 is 25.6 Å². The average Bonchev–Trinajstić information content (AvgIpc) is 3.04. The molecule has 0 aromatic carbocycles. The number of amides is 1. The van der Waals surface area contributed by atoms with Crippen molar-refractivity contribution in [1.82, 2.24) is 4.90 Å². The monoisotopic (exact) mass is 525 g/mol. The Hall–Kier alpha value is -1.08. The van der Waals surface area contributed by atoms with Gasteiger partial charge in [-0.05, 0) is 75.9 Å². The van der Waals surface area contributed by atoms with Crippen LogP contribution in [0.5, 0.6) is 0 Å². The van der Waals surface area contributed by atoms with Crippen molar-refractivity contribution in [2.75, 3.05) is 6.54 Å². The van der Waals surface area contributed by atoms with Crippen molar-refractivity contribution in [2.24, 2.45) is 17.8 Å². The lowest BCUT2D eigenvalue weighted by molar-refractivity contribution is -0.169. The van der Waals surface area contributed by atoms with Crippen LogP contribution >= 0.6 is 0 Å². The second kappa shape index (κ2) is 11.3. The largest absolute Gasteiger partial charge is 0.460 e. The molecule has 1 aliphatic heterocycles. The van der Waals surface area contributed by atoms with Crippen LogP contribution in [0.25, 0.3) is 0 Å². The van der Waals surface area contributed by atoms with Crippen molar-refractivity contribution in [1.29, 1.82) is 0 Å². The molecule has 5 atom stereocenters. The molecule has 1 aliphatic carbocycles. The number of carbonyl (C=O) groups is 2. The minimum atomic E-state index is -2.11. The summed E-state index contributed by atoms with van der Waals surface area (Å²) >= 11 is 0. The lowest BCUT2D eigenvalue weighted by Crippen LogP contribution is -2.56. The van der Waals surface area contributed by atoms with Gasteiger partial charge in [-0.1, -0.05) is 61.3 Å². The SMILES string of the molecule is CCC[C@@]1(C(=O)O[C@H]2C[C@@H](C)CC[C@@H]2C(C)C)C[C@@H](O[Si](C)(C)C(C)(C)C)CN1C(=O)OC(C)(C)C. The van der Waals surface area contributed by atoms with Gasteiger partial charge in [0.15, 0.2) is 8.32 Å². The van der Waals surface area contributed by atoms with Crippen molar-refractivity contribution in [3.05, 3.63) is 0 Å². The van der Waals surface area contributed by atoms with E-state index in [0.29, 0.717) is 37.1 Å². The molecule has 1 heterocycles. The van der Waals surface area contributed by atoms with E-state index in [9.17, 15) is 9.59 Å². The van der Waals surface area contributed by atoms with Gasteiger partial charge in [-0.2, -0.15) is 0 Å².